The van der Waals surface area contributed by atoms with Gasteiger partial charge in [0.25, 0.3) is 0 Å². The molecule has 2 N–H and O–H groups in total. The van der Waals surface area contributed by atoms with E-state index in [9.17, 15) is 8.42 Å². The summed E-state index contributed by atoms with van der Waals surface area (Å²) < 4.78 is 27.2. The quantitative estimate of drug-likeness (QED) is 0.902. The minimum absolute atomic E-state index is 0.276. The van der Waals surface area contributed by atoms with Crippen LogP contribution in [0.25, 0.3) is 0 Å². The van der Waals surface area contributed by atoms with E-state index in [0.29, 0.717) is 30.4 Å². The van der Waals surface area contributed by atoms with E-state index in [4.69, 9.17) is 5.73 Å². The number of nitrogens with zero attached hydrogens (tertiary/aromatic N) is 2. The van der Waals surface area contributed by atoms with Crippen LogP contribution < -0.4 is 5.73 Å². The maximum absolute atomic E-state index is 12.8. The highest BCUT2D eigenvalue weighted by molar-refractivity contribution is 7.89. The van der Waals surface area contributed by atoms with Gasteiger partial charge in [-0.2, -0.15) is 4.31 Å². The number of sulfonamides is 1. The highest BCUT2D eigenvalue weighted by Gasteiger charge is 2.39. The van der Waals surface area contributed by atoms with Crippen molar-refractivity contribution >= 4 is 21.4 Å². The molecule has 2 atom stereocenters. The summed E-state index contributed by atoms with van der Waals surface area (Å²) >= 11 is 1.47. The molecule has 20 heavy (non-hydrogen) atoms. The molecule has 0 aromatic carbocycles. The van der Waals surface area contributed by atoms with E-state index in [1.54, 1.807) is 10.4 Å². The lowest BCUT2D eigenvalue weighted by Crippen LogP contribution is -2.35. The van der Waals surface area contributed by atoms with E-state index in [-0.39, 0.29) is 6.04 Å². The molecular weight excluding hydrogens is 294 g/mol. The first-order valence-electron chi connectivity index (χ1n) is 6.73. The molecule has 5 nitrogen and oxygen atoms in total. The molecule has 0 radical (unpaired) electrons. The first-order valence-corrected chi connectivity index (χ1v) is 8.99. The molecule has 0 bridgehead atoms. The maximum Gasteiger partial charge on any atom is 0.244 e. The maximum atomic E-state index is 12.8. The summed E-state index contributed by atoms with van der Waals surface area (Å²) in [7, 11) is 0.603. The summed E-state index contributed by atoms with van der Waals surface area (Å²) in [5, 5.41) is 0. The molecule has 2 unspecified atom stereocenters. The highest BCUT2D eigenvalue weighted by atomic mass is 32.2. The van der Waals surface area contributed by atoms with Crippen LogP contribution in [-0.2, 0) is 16.6 Å². The van der Waals surface area contributed by atoms with Crippen LogP contribution in [-0.4, -0.2) is 50.8 Å². The molecule has 1 aromatic heterocycles. The van der Waals surface area contributed by atoms with Crippen molar-refractivity contribution < 1.29 is 8.42 Å². The molecule has 0 aliphatic carbocycles. The van der Waals surface area contributed by atoms with Gasteiger partial charge in [-0.05, 0) is 33.0 Å². The van der Waals surface area contributed by atoms with Crippen molar-refractivity contribution in [2.75, 3.05) is 27.2 Å². The third kappa shape index (κ3) is 2.78. The van der Waals surface area contributed by atoms with E-state index in [0.717, 1.165) is 9.75 Å². The molecule has 0 spiro atoms. The Morgan fingerprint density at radius 2 is 2.10 bits per heavy atom. The molecule has 1 fully saturated rings. The summed E-state index contributed by atoms with van der Waals surface area (Å²) in [5.41, 5.74) is 5.61. The van der Waals surface area contributed by atoms with Crippen molar-refractivity contribution in [1.82, 2.24) is 9.21 Å². The zero-order valence-electron chi connectivity index (χ0n) is 12.5. The van der Waals surface area contributed by atoms with Gasteiger partial charge < -0.3 is 10.6 Å². The summed E-state index contributed by atoms with van der Waals surface area (Å²) in [4.78, 5) is 4.27. The number of thiophene rings is 1. The number of hydrogen-bond donors (Lipinski definition) is 1. The first kappa shape index (κ1) is 15.9. The fourth-order valence-electron chi connectivity index (χ4n) is 2.79. The second-order valence-electron chi connectivity index (χ2n) is 5.67. The Hall–Kier alpha value is -0.470. The minimum atomic E-state index is -3.40. The van der Waals surface area contributed by atoms with Gasteiger partial charge in [0, 0.05) is 35.4 Å². The Kier molecular flexibility index (Phi) is 4.56. The van der Waals surface area contributed by atoms with Gasteiger partial charge in [-0.3, -0.25) is 0 Å². The zero-order valence-corrected chi connectivity index (χ0v) is 14.1. The summed E-state index contributed by atoms with van der Waals surface area (Å²) in [6.45, 7) is 5.48. The van der Waals surface area contributed by atoms with Crippen molar-refractivity contribution in [3.8, 4) is 0 Å². The average Bonchev–Trinajstić information content (AvgIpc) is 2.93. The first-order chi connectivity index (χ1) is 9.27. The molecule has 2 rings (SSSR count). The third-order valence-electron chi connectivity index (χ3n) is 3.94. The van der Waals surface area contributed by atoms with Crippen molar-refractivity contribution in [2.45, 2.75) is 31.3 Å². The van der Waals surface area contributed by atoms with Gasteiger partial charge in [-0.1, -0.05) is 6.92 Å². The smallest absolute Gasteiger partial charge is 0.244 e. The second kappa shape index (κ2) is 5.73. The van der Waals surface area contributed by atoms with Crippen LogP contribution in [0.2, 0.25) is 0 Å². The van der Waals surface area contributed by atoms with Gasteiger partial charge in [0.15, 0.2) is 0 Å². The zero-order chi connectivity index (χ0) is 15.1. The van der Waals surface area contributed by atoms with Crippen LogP contribution in [0.3, 0.4) is 0 Å². The van der Waals surface area contributed by atoms with Gasteiger partial charge in [0.05, 0.1) is 4.90 Å². The molecule has 2 heterocycles. The van der Waals surface area contributed by atoms with E-state index in [2.05, 4.69) is 11.8 Å². The van der Waals surface area contributed by atoms with E-state index in [1.807, 2.05) is 21.0 Å². The van der Waals surface area contributed by atoms with Crippen molar-refractivity contribution in [3.05, 3.63) is 15.8 Å². The molecule has 1 saturated heterocycles. The lowest BCUT2D eigenvalue weighted by Gasteiger charge is -2.22. The average molecular weight is 317 g/mol. The van der Waals surface area contributed by atoms with Crippen LogP contribution in [0.5, 0.6) is 0 Å². The van der Waals surface area contributed by atoms with Crippen LogP contribution >= 0.6 is 11.3 Å². The SMILES string of the molecule is Cc1sc(CN)cc1S(=O)(=O)N1CC(C)C(N(C)C)C1. The second-order valence-corrected chi connectivity index (χ2v) is 8.91. The normalized spacial score (nSPS) is 24.7. The fraction of sp³-hybridized carbons (Fsp3) is 0.692. The largest absolute Gasteiger partial charge is 0.326 e. The molecular formula is C13H23N3O2S2. The van der Waals surface area contributed by atoms with Crippen LogP contribution in [0.15, 0.2) is 11.0 Å². The van der Waals surface area contributed by atoms with Crippen LogP contribution in [0.4, 0.5) is 0 Å². The van der Waals surface area contributed by atoms with Crippen molar-refractivity contribution in [3.63, 3.8) is 0 Å². The molecule has 1 aromatic rings. The summed E-state index contributed by atoms with van der Waals surface area (Å²) in [6, 6.07) is 2.00. The predicted octanol–water partition coefficient (Wildman–Crippen LogP) is 1.09. The van der Waals surface area contributed by atoms with E-state index in [1.165, 1.54) is 11.3 Å². The third-order valence-corrected chi connectivity index (χ3v) is 7.10. The Labute approximate surface area is 125 Å². The van der Waals surface area contributed by atoms with Gasteiger partial charge in [0.2, 0.25) is 10.0 Å². The van der Waals surface area contributed by atoms with Gasteiger partial charge in [-0.15, -0.1) is 11.3 Å². The van der Waals surface area contributed by atoms with Crippen molar-refractivity contribution in [2.24, 2.45) is 11.7 Å². The number of hydrogen-bond acceptors (Lipinski definition) is 5. The van der Waals surface area contributed by atoms with Crippen molar-refractivity contribution in [1.29, 1.82) is 0 Å². The van der Waals surface area contributed by atoms with Gasteiger partial charge in [-0.25, -0.2) is 8.42 Å². The molecule has 7 heteroatoms. The van der Waals surface area contributed by atoms with Crippen LogP contribution in [0.1, 0.15) is 16.7 Å². The predicted molar refractivity (Wildman–Crippen MR) is 82.3 cm³/mol. The Bertz CT molecular complexity index is 580. The Morgan fingerprint density at radius 1 is 1.45 bits per heavy atom. The number of nitrogens with two attached hydrogens (primary N) is 1. The molecule has 0 saturated carbocycles. The number of rotatable bonds is 4. The summed E-state index contributed by atoms with van der Waals surface area (Å²) in [5.74, 6) is 0.340. The molecule has 0 amide bonds. The van der Waals surface area contributed by atoms with Gasteiger partial charge in [0.1, 0.15) is 0 Å². The monoisotopic (exact) mass is 317 g/mol. The fourth-order valence-corrected chi connectivity index (χ4v) is 5.84. The van der Waals surface area contributed by atoms with Gasteiger partial charge >= 0.3 is 0 Å². The molecule has 1 aliphatic rings. The molecule has 114 valence electrons. The number of aryl methyl sites for hydroxylation is 1. The molecule has 1 aliphatic heterocycles. The Balaban J connectivity index is 2.30. The van der Waals surface area contributed by atoms with E-state index < -0.39 is 10.0 Å². The highest BCUT2D eigenvalue weighted by Crippen LogP contribution is 2.31. The summed E-state index contributed by atoms with van der Waals surface area (Å²) in [6.07, 6.45) is 0. The topological polar surface area (TPSA) is 66.6 Å². The number of likely N-dealkylation sites (N-methyl/N-ethyl adjacent to an activating group) is 1. The van der Waals surface area contributed by atoms with E-state index >= 15 is 0 Å². The Morgan fingerprint density at radius 3 is 2.55 bits per heavy atom. The van der Waals surface area contributed by atoms with Crippen LogP contribution in [0, 0.1) is 12.8 Å². The lowest BCUT2D eigenvalue weighted by atomic mass is 10.1. The lowest BCUT2D eigenvalue weighted by molar-refractivity contribution is 0.263. The minimum Gasteiger partial charge on any atom is -0.326 e. The standard InChI is InChI=1S/C13H23N3O2S2/c1-9-7-16(8-12(9)15(3)4)20(17,18)13-5-11(6-14)19-10(13)2/h5,9,12H,6-8,14H2,1-4H3.